The van der Waals surface area contributed by atoms with E-state index in [-0.39, 0.29) is 53.5 Å². The van der Waals surface area contributed by atoms with E-state index < -0.39 is 35.2 Å². The Morgan fingerprint density at radius 1 is 1.12 bits per heavy atom. The third-order valence-electron chi connectivity index (χ3n) is 5.05. The van der Waals surface area contributed by atoms with Crippen molar-refractivity contribution in [3.05, 3.63) is 63.8 Å². The Labute approximate surface area is 186 Å². The van der Waals surface area contributed by atoms with E-state index in [9.17, 15) is 28.3 Å². The van der Waals surface area contributed by atoms with Gasteiger partial charge in [-0.3, -0.25) is 19.0 Å². The molecule has 1 aromatic heterocycles. The average molecular weight is 465 g/mol. The van der Waals surface area contributed by atoms with E-state index in [1.54, 1.807) is 0 Å². The van der Waals surface area contributed by atoms with E-state index in [0.717, 1.165) is 10.6 Å². The number of amides is 1. The summed E-state index contributed by atoms with van der Waals surface area (Å²) in [7, 11) is 0. The molecule has 0 spiro atoms. The number of carbonyl (C=O) groups excluding carboxylic acids is 2. The summed E-state index contributed by atoms with van der Waals surface area (Å²) in [6, 6.07) is 6.82. The van der Waals surface area contributed by atoms with Crippen molar-refractivity contribution in [1.82, 2.24) is 9.88 Å². The van der Waals surface area contributed by atoms with Crippen LogP contribution in [0, 0.1) is 18.6 Å². The van der Waals surface area contributed by atoms with Crippen LogP contribution in [-0.4, -0.2) is 39.1 Å². The minimum absolute atomic E-state index is 0.0237. The fourth-order valence-electron chi connectivity index (χ4n) is 3.48. The van der Waals surface area contributed by atoms with Gasteiger partial charge in [0.15, 0.2) is 17.4 Å². The third kappa shape index (κ3) is 4.57. The maximum atomic E-state index is 14.8. The van der Waals surface area contributed by atoms with Gasteiger partial charge in [0.05, 0.1) is 11.9 Å². The summed E-state index contributed by atoms with van der Waals surface area (Å²) in [5, 5.41) is 21.1. The lowest BCUT2D eigenvalue weighted by Gasteiger charge is -2.08. The van der Waals surface area contributed by atoms with Gasteiger partial charge >= 0.3 is 5.97 Å². The number of hydrogen-bond acceptors (Lipinski definition) is 4. The molecule has 0 saturated heterocycles. The summed E-state index contributed by atoms with van der Waals surface area (Å²) in [6.45, 7) is 1.46. The number of hydrogen-bond donors (Lipinski definition) is 3. The fourth-order valence-corrected chi connectivity index (χ4v) is 3.61. The predicted molar refractivity (Wildman–Crippen MR) is 113 cm³/mol. The van der Waals surface area contributed by atoms with Gasteiger partial charge in [-0.1, -0.05) is 11.6 Å². The second-order valence-electron chi connectivity index (χ2n) is 7.12. The Morgan fingerprint density at radius 2 is 1.78 bits per heavy atom. The van der Waals surface area contributed by atoms with E-state index in [1.165, 1.54) is 31.2 Å². The fraction of sp³-hybridized carbons (Fsp3) is 0.227. The molecular weight excluding hydrogens is 446 g/mol. The Kier molecular flexibility index (Phi) is 6.78. The topological polar surface area (TPSA) is 109 Å². The normalized spacial score (nSPS) is 11.0. The van der Waals surface area contributed by atoms with Crippen molar-refractivity contribution in [2.24, 2.45) is 0 Å². The molecule has 0 atom stereocenters. The number of fused-ring (bicyclic) bond motifs is 1. The number of nitrogens with one attached hydrogen (secondary N) is 1. The molecule has 168 valence electrons. The van der Waals surface area contributed by atoms with Gasteiger partial charge in [-0.2, -0.15) is 0 Å². The van der Waals surface area contributed by atoms with Gasteiger partial charge in [0.1, 0.15) is 0 Å². The van der Waals surface area contributed by atoms with E-state index in [4.69, 9.17) is 16.7 Å². The van der Waals surface area contributed by atoms with Gasteiger partial charge in [0.25, 0.3) is 5.91 Å². The number of nitrogens with zero attached hydrogens (tertiary/aromatic N) is 1. The highest BCUT2D eigenvalue weighted by Gasteiger charge is 2.26. The summed E-state index contributed by atoms with van der Waals surface area (Å²) in [6.07, 6.45) is -0.405. The molecule has 3 rings (SSSR count). The number of aliphatic carboxylic acids is 1. The highest BCUT2D eigenvalue weighted by atomic mass is 35.5. The number of benzene rings is 2. The number of carboxylic acid groups (broad SMARTS) is 1. The van der Waals surface area contributed by atoms with Crippen molar-refractivity contribution in [2.45, 2.75) is 26.2 Å². The molecule has 3 aromatic rings. The molecule has 0 aliphatic carbocycles. The standard InChI is InChI=1S/C22H19ClF2N2O5/c1-11-14(6-7-17(28)26-9-8-18(29)30)19-16(10-15(24)21(31)20(19)25)27(11)22(32)12-2-4-13(23)5-3-12/h2-5,10,31H,6-9H2,1H3,(H,26,28)(H,29,30). The molecule has 0 fully saturated rings. The number of aromatic hydroxyl groups is 1. The maximum Gasteiger partial charge on any atom is 0.305 e. The summed E-state index contributed by atoms with van der Waals surface area (Å²) in [4.78, 5) is 35.7. The molecular formula is C22H19ClF2N2O5. The number of phenols is 1. The summed E-state index contributed by atoms with van der Waals surface area (Å²) >= 11 is 5.86. The first-order chi connectivity index (χ1) is 15.1. The van der Waals surface area contributed by atoms with E-state index >= 15 is 0 Å². The molecule has 0 saturated carbocycles. The van der Waals surface area contributed by atoms with Crippen LogP contribution in [0.5, 0.6) is 5.75 Å². The summed E-state index contributed by atoms with van der Waals surface area (Å²) in [5.41, 5.74) is 0.670. The van der Waals surface area contributed by atoms with Crippen LogP contribution in [0.3, 0.4) is 0 Å². The minimum Gasteiger partial charge on any atom is -0.503 e. The van der Waals surface area contributed by atoms with Crippen LogP contribution in [-0.2, 0) is 16.0 Å². The van der Waals surface area contributed by atoms with Crippen molar-refractivity contribution >= 4 is 40.3 Å². The molecule has 3 N–H and O–H groups in total. The average Bonchev–Trinajstić information content (AvgIpc) is 3.01. The van der Waals surface area contributed by atoms with Crippen LogP contribution in [0.4, 0.5) is 8.78 Å². The van der Waals surface area contributed by atoms with E-state index in [2.05, 4.69) is 5.32 Å². The van der Waals surface area contributed by atoms with Gasteiger partial charge in [-0.05, 0) is 43.2 Å². The predicted octanol–water partition coefficient (Wildman–Crippen LogP) is 3.80. The molecule has 0 bridgehead atoms. The van der Waals surface area contributed by atoms with Crippen molar-refractivity contribution in [1.29, 1.82) is 0 Å². The van der Waals surface area contributed by atoms with Crippen molar-refractivity contribution in [3.63, 3.8) is 0 Å². The minimum atomic E-state index is -1.23. The van der Waals surface area contributed by atoms with Gasteiger partial charge in [-0.25, -0.2) is 8.78 Å². The highest BCUT2D eigenvalue weighted by molar-refractivity contribution is 6.30. The zero-order valence-electron chi connectivity index (χ0n) is 16.9. The molecule has 0 radical (unpaired) electrons. The smallest absolute Gasteiger partial charge is 0.305 e. The van der Waals surface area contributed by atoms with Crippen LogP contribution in [0.15, 0.2) is 30.3 Å². The second kappa shape index (κ2) is 9.35. The van der Waals surface area contributed by atoms with Crippen molar-refractivity contribution in [3.8, 4) is 5.75 Å². The Bertz CT molecular complexity index is 1220. The van der Waals surface area contributed by atoms with Crippen LogP contribution < -0.4 is 5.32 Å². The monoisotopic (exact) mass is 464 g/mol. The number of carbonyl (C=O) groups is 3. The molecule has 0 aliphatic heterocycles. The molecule has 0 unspecified atom stereocenters. The molecule has 7 nitrogen and oxygen atoms in total. The molecule has 0 aliphatic rings. The largest absolute Gasteiger partial charge is 0.503 e. The van der Waals surface area contributed by atoms with Gasteiger partial charge in [-0.15, -0.1) is 0 Å². The lowest BCUT2D eigenvalue weighted by Crippen LogP contribution is -2.26. The number of rotatable bonds is 7. The number of halogens is 3. The van der Waals surface area contributed by atoms with Gasteiger partial charge < -0.3 is 15.5 Å². The molecule has 2 aromatic carbocycles. The van der Waals surface area contributed by atoms with Crippen molar-refractivity contribution in [2.75, 3.05) is 6.54 Å². The molecule has 10 heteroatoms. The SMILES string of the molecule is Cc1c(CCC(=O)NCCC(=O)O)c2c(F)c(O)c(F)cc2n1C(=O)c1ccc(Cl)cc1. The quantitative estimate of drug-likeness (QED) is 0.493. The maximum absolute atomic E-state index is 14.8. The van der Waals surface area contributed by atoms with Crippen LogP contribution in [0.25, 0.3) is 10.9 Å². The highest BCUT2D eigenvalue weighted by Crippen LogP contribution is 2.35. The molecule has 1 heterocycles. The number of phenolic OH excluding ortho intramolecular Hbond substituents is 1. The number of aryl methyl sites for hydroxylation is 1. The van der Waals surface area contributed by atoms with Crippen LogP contribution >= 0.6 is 11.6 Å². The lowest BCUT2D eigenvalue weighted by molar-refractivity contribution is -0.136. The second-order valence-corrected chi connectivity index (χ2v) is 7.56. The first kappa shape index (κ1) is 23.2. The Balaban J connectivity index is 2.03. The lowest BCUT2D eigenvalue weighted by atomic mass is 10.0. The van der Waals surface area contributed by atoms with Crippen LogP contribution in [0.1, 0.15) is 34.5 Å². The first-order valence-electron chi connectivity index (χ1n) is 9.61. The summed E-state index contributed by atoms with van der Waals surface area (Å²) in [5.74, 6) is -5.74. The van der Waals surface area contributed by atoms with E-state index in [1.807, 2.05) is 0 Å². The summed E-state index contributed by atoms with van der Waals surface area (Å²) < 4.78 is 30.1. The van der Waals surface area contributed by atoms with Crippen LogP contribution in [0.2, 0.25) is 5.02 Å². The number of carboxylic acids is 1. The van der Waals surface area contributed by atoms with Gasteiger partial charge in [0, 0.05) is 40.7 Å². The first-order valence-corrected chi connectivity index (χ1v) is 9.99. The molecule has 32 heavy (non-hydrogen) atoms. The number of aromatic nitrogens is 1. The third-order valence-corrected chi connectivity index (χ3v) is 5.30. The van der Waals surface area contributed by atoms with Gasteiger partial charge in [0.2, 0.25) is 5.91 Å². The zero-order chi connectivity index (χ0) is 23.6. The Hall–Kier alpha value is -3.46. The zero-order valence-corrected chi connectivity index (χ0v) is 17.7. The Morgan fingerprint density at radius 3 is 2.41 bits per heavy atom. The molecule has 1 amide bonds. The van der Waals surface area contributed by atoms with E-state index in [0.29, 0.717) is 5.02 Å². The van der Waals surface area contributed by atoms with Crippen molar-refractivity contribution < 1.29 is 33.4 Å².